The summed E-state index contributed by atoms with van der Waals surface area (Å²) in [6, 6.07) is 0.202. The Morgan fingerprint density at radius 2 is 2.20 bits per heavy atom. The number of hydrogen-bond donors (Lipinski definition) is 0. The van der Waals surface area contributed by atoms with E-state index in [0.717, 1.165) is 0 Å². The summed E-state index contributed by atoms with van der Waals surface area (Å²) in [6.45, 7) is 6.48. The fraction of sp³-hybridized carbons (Fsp3) is 0.625. The van der Waals surface area contributed by atoms with Crippen molar-refractivity contribution in [3.63, 3.8) is 0 Å². The third-order valence-electron chi connectivity index (χ3n) is 1.35. The highest BCUT2D eigenvalue weighted by Gasteiger charge is 2.10. The fourth-order valence-electron chi connectivity index (χ4n) is 0.826. The second kappa shape index (κ2) is 3.94. The second-order valence-electron chi connectivity index (χ2n) is 2.33. The molecule has 0 radical (unpaired) electrons. The van der Waals surface area contributed by atoms with Gasteiger partial charge in [0.05, 0.1) is 0 Å². The van der Waals surface area contributed by atoms with Gasteiger partial charge in [-0.1, -0.05) is 0 Å². The van der Waals surface area contributed by atoms with Crippen molar-refractivity contribution in [2.75, 3.05) is 6.54 Å². The van der Waals surface area contributed by atoms with Crippen LogP contribution in [0, 0.1) is 12.3 Å². The molecule has 0 spiro atoms. The zero-order valence-corrected chi connectivity index (χ0v) is 6.72. The first-order valence-electron chi connectivity index (χ1n) is 3.40. The van der Waals surface area contributed by atoms with Crippen molar-refractivity contribution >= 4 is 5.91 Å². The Bertz CT molecular complexity index is 155. The molecule has 0 aliphatic heterocycles. The fourth-order valence-corrected chi connectivity index (χ4v) is 0.826. The Morgan fingerprint density at radius 1 is 1.70 bits per heavy atom. The number of rotatable bonds is 2. The molecule has 0 bridgehead atoms. The molecule has 0 aliphatic rings. The van der Waals surface area contributed by atoms with Gasteiger partial charge in [-0.15, -0.1) is 6.42 Å². The average molecular weight is 139 g/mol. The molecule has 0 aromatic rings. The van der Waals surface area contributed by atoms with Crippen LogP contribution in [0.3, 0.4) is 0 Å². The van der Waals surface area contributed by atoms with E-state index in [-0.39, 0.29) is 11.9 Å². The van der Waals surface area contributed by atoms with Crippen LogP contribution in [-0.2, 0) is 4.79 Å². The summed E-state index contributed by atoms with van der Waals surface area (Å²) >= 11 is 0. The molecule has 2 heteroatoms. The topological polar surface area (TPSA) is 20.3 Å². The number of terminal acetylenes is 1. The Hall–Kier alpha value is -0.970. The molecule has 0 saturated heterocycles. The molecule has 0 heterocycles. The maximum atomic E-state index is 10.9. The molecule has 0 saturated carbocycles. The van der Waals surface area contributed by atoms with E-state index < -0.39 is 0 Å². The summed E-state index contributed by atoms with van der Waals surface area (Å²) in [5.41, 5.74) is 0. The van der Waals surface area contributed by atoms with Crippen LogP contribution >= 0.6 is 0 Å². The van der Waals surface area contributed by atoms with Crippen molar-refractivity contribution < 1.29 is 4.79 Å². The number of nitrogens with zero attached hydrogens (tertiary/aromatic N) is 1. The molecule has 0 rings (SSSR count). The van der Waals surface area contributed by atoms with Gasteiger partial charge in [0.15, 0.2) is 0 Å². The van der Waals surface area contributed by atoms with Crippen molar-refractivity contribution in [3.8, 4) is 12.3 Å². The summed E-state index contributed by atoms with van der Waals surface area (Å²) in [4.78, 5) is 12.5. The molecular formula is C8H13NO. The molecule has 0 aliphatic carbocycles. The number of carbonyl (C=O) groups excluding carboxylic acids is 1. The zero-order valence-electron chi connectivity index (χ0n) is 6.72. The maximum absolute atomic E-state index is 10.9. The number of carbonyl (C=O) groups is 1. The van der Waals surface area contributed by atoms with Crippen LogP contribution in [0.15, 0.2) is 0 Å². The highest BCUT2D eigenvalue weighted by Crippen LogP contribution is 1.96. The molecule has 1 amide bonds. The minimum Gasteiger partial charge on any atom is -0.330 e. The van der Waals surface area contributed by atoms with Crippen molar-refractivity contribution in [1.29, 1.82) is 0 Å². The highest BCUT2D eigenvalue weighted by atomic mass is 16.2. The van der Waals surface area contributed by atoms with Crippen LogP contribution in [0.1, 0.15) is 20.8 Å². The number of hydrogen-bond acceptors (Lipinski definition) is 1. The summed E-state index contributed by atoms with van der Waals surface area (Å²) in [6.07, 6.45) is 4.95. The molecule has 0 unspecified atom stereocenters. The van der Waals surface area contributed by atoms with Crippen LogP contribution < -0.4 is 0 Å². The molecule has 10 heavy (non-hydrogen) atoms. The molecule has 56 valence electrons. The highest BCUT2D eigenvalue weighted by molar-refractivity contribution is 5.93. The Balaban J connectivity index is 4.10. The first-order chi connectivity index (χ1) is 4.63. The second-order valence-corrected chi connectivity index (χ2v) is 2.33. The normalized spacial score (nSPS) is 9.10. The minimum atomic E-state index is -0.225. The van der Waals surface area contributed by atoms with Crippen LogP contribution in [0.2, 0.25) is 0 Å². The van der Waals surface area contributed by atoms with Gasteiger partial charge < -0.3 is 4.90 Å². The van der Waals surface area contributed by atoms with Crippen LogP contribution in [0.25, 0.3) is 0 Å². The van der Waals surface area contributed by atoms with Gasteiger partial charge in [-0.3, -0.25) is 4.79 Å². The first-order valence-corrected chi connectivity index (χ1v) is 3.40. The largest absolute Gasteiger partial charge is 0.330 e. The van der Waals surface area contributed by atoms with Crippen LogP contribution in [0.5, 0.6) is 0 Å². The van der Waals surface area contributed by atoms with Gasteiger partial charge >= 0.3 is 0 Å². The molecule has 0 N–H and O–H groups in total. The summed E-state index contributed by atoms with van der Waals surface area (Å²) in [7, 11) is 0. The molecule has 0 aromatic heterocycles. The molecule has 0 fully saturated rings. The van der Waals surface area contributed by atoms with Gasteiger partial charge in [-0.2, -0.15) is 0 Å². The van der Waals surface area contributed by atoms with Crippen LogP contribution in [0.4, 0.5) is 0 Å². The van der Waals surface area contributed by atoms with E-state index in [2.05, 4.69) is 5.92 Å². The van der Waals surface area contributed by atoms with Gasteiger partial charge in [0.1, 0.15) is 0 Å². The lowest BCUT2D eigenvalue weighted by Crippen LogP contribution is -2.35. The third-order valence-corrected chi connectivity index (χ3v) is 1.35. The van der Waals surface area contributed by atoms with Gasteiger partial charge in [0.2, 0.25) is 0 Å². The van der Waals surface area contributed by atoms with E-state index in [0.29, 0.717) is 6.54 Å². The van der Waals surface area contributed by atoms with E-state index in [4.69, 9.17) is 6.42 Å². The van der Waals surface area contributed by atoms with E-state index in [1.54, 1.807) is 4.90 Å². The zero-order chi connectivity index (χ0) is 8.15. The summed E-state index contributed by atoms with van der Waals surface area (Å²) in [5.74, 6) is 1.86. The Labute approximate surface area is 62.2 Å². The summed E-state index contributed by atoms with van der Waals surface area (Å²) < 4.78 is 0. The van der Waals surface area contributed by atoms with Crippen molar-refractivity contribution in [3.05, 3.63) is 0 Å². The van der Waals surface area contributed by atoms with Crippen molar-refractivity contribution in [2.45, 2.75) is 26.8 Å². The number of amides is 1. The Kier molecular flexibility index (Phi) is 3.56. The van der Waals surface area contributed by atoms with Gasteiger partial charge in [0, 0.05) is 12.6 Å². The minimum absolute atomic E-state index is 0.202. The Morgan fingerprint density at radius 3 is 2.30 bits per heavy atom. The summed E-state index contributed by atoms with van der Waals surface area (Å²) in [5, 5.41) is 0. The van der Waals surface area contributed by atoms with Gasteiger partial charge in [-0.05, 0) is 26.7 Å². The lowest BCUT2D eigenvalue weighted by Gasteiger charge is -2.21. The van der Waals surface area contributed by atoms with E-state index in [9.17, 15) is 4.79 Å². The molecule has 0 atom stereocenters. The lowest BCUT2D eigenvalue weighted by atomic mass is 10.3. The van der Waals surface area contributed by atoms with E-state index >= 15 is 0 Å². The molecule has 0 aromatic carbocycles. The van der Waals surface area contributed by atoms with Gasteiger partial charge in [-0.25, -0.2) is 0 Å². The predicted molar refractivity (Wildman–Crippen MR) is 41.4 cm³/mol. The standard InChI is InChI=1S/C8H13NO/c1-5-8(10)9(6-2)7(3)4/h1,7H,6H2,2-4H3. The van der Waals surface area contributed by atoms with Crippen molar-refractivity contribution in [2.24, 2.45) is 0 Å². The first kappa shape index (κ1) is 9.03. The lowest BCUT2D eigenvalue weighted by molar-refractivity contribution is -0.126. The SMILES string of the molecule is C#CC(=O)N(CC)C(C)C. The maximum Gasteiger partial charge on any atom is 0.298 e. The molecule has 2 nitrogen and oxygen atoms in total. The average Bonchev–Trinajstić information content (AvgIpc) is 1.88. The quantitative estimate of drug-likeness (QED) is 0.520. The van der Waals surface area contributed by atoms with Crippen LogP contribution in [-0.4, -0.2) is 23.4 Å². The smallest absolute Gasteiger partial charge is 0.298 e. The van der Waals surface area contributed by atoms with Gasteiger partial charge in [0.25, 0.3) is 5.91 Å². The third kappa shape index (κ3) is 2.10. The van der Waals surface area contributed by atoms with E-state index in [1.165, 1.54) is 0 Å². The predicted octanol–water partition coefficient (Wildman–Crippen LogP) is 0.877. The monoisotopic (exact) mass is 139 g/mol. The van der Waals surface area contributed by atoms with Crippen molar-refractivity contribution in [1.82, 2.24) is 4.90 Å². The van der Waals surface area contributed by atoms with E-state index in [1.807, 2.05) is 20.8 Å². The molecular weight excluding hydrogens is 126 g/mol.